The zero-order chi connectivity index (χ0) is 32.9. The molecule has 3 aromatic carbocycles. The summed E-state index contributed by atoms with van der Waals surface area (Å²) < 4.78 is 24.1. The number of benzene rings is 3. The third-order valence-corrected chi connectivity index (χ3v) is 6.42. The predicted octanol–water partition coefficient (Wildman–Crippen LogP) is 10.5. The average molecular weight is 620 g/mol. The van der Waals surface area contributed by atoms with Crippen molar-refractivity contribution in [3.63, 3.8) is 0 Å². The number of ether oxygens (including phenoxy) is 2. The number of hydrogen-bond donors (Lipinski definition) is 2. The first-order valence-corrected chi connectivity index (χ1v) is 16.9. The summed E-state index contributed by atoms with van der Waals surface area (Å²) in [6.07, 6.45) is 3.94. The average Bonchev–Trinajstić information content (AvgIpc) is 3.62. The number of hydrogen-bond acceptors (Lipinski definition) is 6. The van der Waals surface area contributed by atoms with Crippen molar-refractivity contribution in [2.45, 2.75) is 92.5 Å². The highest BCUT2D eigenvalue weighted by Gasteiger charge is 2.18. The Morgan fingerprint density at radius 2 is 1.35 bits per heavy atom. The first-order valence-electron chi connectivity index (χ1n) is 15.9. The van der Waals surface area contributed by atoms with Crippen LogP contribution < -0.4 is 9.47 Å². The minimum Gasteiger partial charge on any atom is -0.508 e. The zero-order valence-corrected chi connectivity index (χ0v) is 28.9. The van der Waals surface area contributed by atoms with E-state index >= 15 is 0 Å². The summed E-state index contributed by atoms with van der Waals surface area (Å²) in [6, 6.07) is 22.2. The summed E-state index contributed by atoms with van der Waals surface area (Å²) in [5.74, 6) is 1.67. The van der Waals surface area contributed by atoms with Crippen LogP contribution in [0.1, 0.15) is 81.6 Å². The zero-order valence-electron chi connectivity index (χ0n) is 28.1. The van der Waals surface area contributed by atoms with Gasteiger partial charge in [0.15, 0.2) is 11.6 Å². The minimum absolute atomic E-state index is 0.313. The molecule has 2 aliphatic heterocycles. The molecule has 244 valence electrons. The third-order valence-electron chi connectivity index (χ3n) is 5.38. The first-order chi connectivity index (χ1) is 21.0. The van der Waals surface area contributed by atoms with Gasteiger partial charge in [-0.2, -0.15) is 0 Å². The second-order valence-electron chi connectivity index (χ2n) is 8.68. The van der Waals surface area contributed by atoms with Gasteiger partial charge in [0.1, 0.15) is 23.9 Å². The van der Waals surface area contributed by atoms with E-state index < -0.39 is 5.82 Å². The summed E-state index contributed by atoms with van der Waals surface area (Å²) >= 11 is 1.37. The molecule has 1 saturated heterocycles. The maximum atomic E-state index is 13.1. The van der Waals surface area contributed by atoms with Crippen molar-refractivity contribution >= 4 is 11.8 Å². The molecule has 1 atom stereocenters. The normalized spacial score (nSPS) is 13.1. The van der Waals surface area contributed by atoms with E-state index in [1.807, 2.05) is 77.9 Å². The molecular weight excluding hydrogens is 561 g/mol. The highest BCUT2D eigenvalue weighted by molar-refractivity contribution is 7.99. The van der Waals surface area contributed by atoms with Crippen molar-refractivity contribution < 1.29 is 24.1 Å². The van der Waals surface area contributed by atoms with Crippen LogP contribution in [0.5, 0.6) is 23.0 Å². The number of para-hydroxylation sites is 2. The number of aromatic hydroxyl groups is 2. The van der Waals surface area contributed by atoms with Gasteiger partial charge in [0.25, 0.3) is 0 Å². The van der Waals surface area contributed by atoms with E-state index in [2.05, 4.69) is 25.7 Å². The Morgan fingerprint density at radius 3 is 1.84 bits per heavy atom. The number of rotatable bonds is 4. The van der Waals surface area contributed by atoms with Crippen molar-refractivity contribution in [1.29, 1.82) is 0 Å². The molecule has 43 heavy (non-hydrogen) atoms. The van der Waals surface area contributed by atoms with E-state index in [9.17, 15) is 4.39 Å². The quantitative estimate of drug-likeness (QED) is 0.303. The molecule has 2 N–H and O–H groups in total. The summed E-state index contributed by atoms with van der Waals surface area (Å²) in [6.45, 7) is 22.4. The largest absolute Gasteiger partial charge is 0.508 e. The molecule has 0 aliphatic carbocycles. The van der Waals surface area contributed by atoms with Gasteiger partial charge in [-0.15, -0.1) is 11.8 Å². The Morgan fingerprint density at radius 1 is 0.837 bits per heavy atom. The molecule has 0 saturated carbocycles. The second kappa shape index (κ2) is 29.2. The molecule has 5 rings (SSSR count). The lowest BCUT2D eigenvalue weighted by molar-refractivity contribution is 0.172. The lowest BCUT2D eigenvalue weighted by atomic mass is 10.3. The molecule has 0 radical (unpaired) electrons. The Balaban J connectivity index is 0. The summed E-state index contributed by atoms with van der Waals surface area (Å²) in [5.41, 5.74) is 0. The predicted molar refractivity (Wildman–Crippen MR) is 185 cm³/mol. The van der Waals surface area contributed by atoms with E-state index in [0.29, 0.717) is 29.0 Å². The molecule has 5 nitrogen and oxygen atoms in total. The van der Waals surface area contributed by atoms with Crippen LogP contribution in [0, 0.1) is 5.82 Å². The number of halogens is 1. The summed E-state index contributed by atoms with van der Waals surface area (Å²) in [5, 5.41) is 17.7. The van der Waals surface area contributed by atoms with Gasteiger partial charge in [0.05, 0.1) is 11.5 Å². The standard InChI is InChI=1S/C13H19NO.C8H7FO2S.C6H6O.C3H8.3C2H6/c1-12(14-9-5-6-10-14)11-15-13-7-3-2-4-8-13;9-7-5(10)1-2-6-8(7)12-4-3-11-6;7-6-4-2-1-3-5-6;1-3-2;3*1-2/h2-4,7-8,12H,5-6,9-11H2,1H3;1-2,10H,3-4H2;1-5,7H;3H2,1-2H3;3*1-2H3/t12-;;;;;;/m0....../s1. The van der Waals surface area contributed by atoms with Gasteiger partial charge < -0.3 is 19.7 Å². The highest BCUT2D eigenvalue weighted by Crippen LogP contribution is 2.38. The van der Waals surface area contributed by atoms with Crippen LogP contribution in [0.4, 0.5) is 4.39 Å². The number of nitrogens with zero attached hydrogens (tertiary/aromatic N) is 1. The Bertz CT molecular complexity index is 1000. The smallest absolute Gasteiger partial charge is 0.182 e. The number of likely N-dealkylation sites (tertiary alicyclic amines) is 1. The number of thioether (sulfide) groups is 1. The van der Waals surface area contributed by atoms with E-state index in [-0.39, 0.29) is 5.75 Å². The fourth-order valence-corrected chi connectivity index (χ4v) is 4.39. The van der Waals surface area contributed by atoms with Crippen molar-refractivity contribution in [2.24, 2.45) is 0 Å². The van der Waals surface area contributed by atoms with E-state index in [4.69, 9.17) is 19.7 Å². The lowest BCUT2D eigenvalue weighted by Gasteiger charge is -2.23. The van der Waals surface area contributed by atoms with Crippen LogP contribution in [0.15, 0.2) is 77.7 Å². The van der Waals surface area contributed by atoms with Crippen LogP contribution in [0.3, 0.4) is 0 Å². The molecule has 0 spiro atoms. The molecule has 0 unspecified atom stereocenters. The number of fused-ring (bicyclic) bond motifs is 1. The van der Waals surface area contributed by atoms with Crippen LogP contribution in [0.25, 0.3) is 0 Å². The maximum absolute atomic E-state index is 13.1. The monoisotopic (exact) mass is 619 g/mol. The molecule has 2 aliphatic rings. The summed E-state index contributed by atoms with van der Waals surface area (Å²) in [7, 11) is 0. The molecule has 2 heterocycles. The van der Waals surface area contributed by atoms with Crippen molar-refractivity contribution in [3.05, 3.63) is 78.6 Å². The molecular formula is C36H58FNO4S. The lowest BCUT2D eigenvalue weighted by Crippen LogP contribution is -2.34. The van der Waals surface area contributed by atoms with Gasteiger partial charge in [-0.1, -0.05) is 98.2 Å². The molecule has 7 heteroatoms. The third kappa shape index (κ3) is 19.1. The van der Waals surface area contributed by atoms with E-state index in [1.165, 1.54) is 50.2 Å². The van der Waals surface area contributed by atoms with Gasteiger partial charge >= 0.3 is 0 Å². The van der Waals surface area contributed by atoms with E-state index in [1.54, 1.807) is 30.3 Å². The van der Waals surface area contributed by atoms with Crippen LogP contribution in [-0.2, 0) is 0 Å². The van der Waals surface area contributed by atoms with Crippen LogP contribution >= 0.6 is 11.8 Å². The maximum Gasteiger partial charge on any atom is 0.182 e. The van der Waals surface area contributed by atoms with E-state index in [0.717, 1.165) is 18.1 Å². The number of phenols is 2. The Kier molecular flexibility index (Phi) is 28.7. The minimum atomic E-state index is -0.572. The molecule has 0 aromatic heterocycles. The SMILES string of the molecule is CC.CC.CC.CCC.C[C@@H](COc1ccccc1)N1CCCC1.Oc1ccc2c(c1F)SCCO2.Oc1ccccc1. The molecule has 3 aromatic rings. The van der Waals surface area contributed by atoms with Gasteiger partial charge in [-0.25, -0.2) is 4.39 Å². The number of phenolic OH excluding ortho intramolecular Hbond substituents is 2. The molecule has 0 bridgehead atoms. The highest BCUT2D eigenvalue weighted by atomic mass is 32.2. The van der Waals surface area contributed by atoms with Crippen LogP contribution in [0.2, 0.25) is 0 Å². The van der Waals surface area contributed by atoms with Crippen LogP contribution in [-0.4, -0.2) is 53.2 Å². The van der Waals surface area contributed by atoms with Gasteiger partial charge in [-0.3, -0.25) is 4.90 Å². The van der Waals surface area contributed by atoms with Gasteiger partial charge in [-0.05, 0) is 69.3 Å². The Hall–Kier alpha value is -2.90. The van der Waals surface area contributed by atoms with Crippen molar-refractivity contribution in [3.8, 4) is 23.0 Å². The topological polar surface area (TPSA) is 62.2 Å². The van der Waals surface area contributed by atoms with Gasteiger partial charge in [0.2, 0.25) is 0 Å². The summed E-state index contributed by atoms with van der Waals surface area (Å²) in [4.78, 5) is 2.92. The first kappa shape index (κ1) is 42.2. The van der Waals surface area contributed by atoms with Crippen molar-refractivity contribution in [2.75, 3.05) is 32.1 Å². The van der Waals surface area contributed by atoms with Crippen molar-refractivity contribution in [1.82, 2.24) is 4.90 Å². The molecule has 0 amide bonds. The molecule has 1 fully saturated rings. The second-order valence-corrected chi connectivity index (χ2v) is 9.79. The Labute approximate surface area is 266 Å². The fourth-order valence-electron chi connectivity index (χ4n) is 3.52. The fraction of sp³-hybridized carbons (Fsp3) is 0.500. The van der Waals surface area contributed by atoms with Gasteiger partial charge in [0, 0.05) is 11.8 Å².